The first-order valence-electron chi connectivity index (χ1n) is 5.45. The van der Waals surface area contributed by atoms with Crippen LogP contribution in [0.2, 0.25) is 10.0 Å². The lowest BCUT2D eigenvalue weighted by atomic mass is 10.3. The SMILES string of the molecule is COCCNCC(C)Oc1ccc(Cl)c(Cl)c1. The van der Waals surface area contributed by atoms with Crippen LogP contribution in [0.25, 0.3) is 0 Å². The van der Waals surface area contributed by atoms with E-state index in [1.54, 1.807) is 25.3 Å². The summed E-state index contributed by atoms with van der Waals surface area (Å²) in [5.74, 6) is 0.723. The molecular formula is C12H17Cl2NO2. The van der Waals surface area contributed by atoms with Gasteiger partial charge in [0.25, 0.3) is 0 Å². The Balaban J connectivity index is 2.34. The Labute approximate surface area is 112 Å². The quantitative estimate of drug-likeness (QED) is 0.778. The molecule has 1 N–H and O–H groups in total. The molecule has 5 heteroatoms. The standard InChI is InChI=1S/C12H17Cl2NO2/c1-9(8-15-5-6-16-2)17-10-3-4-11(13)12(14)7-10/h3-4,7,9,15H,5-6,8H2,1-2H3. The normalized spacial score (nSPS) is 12.5. The monoisotopic (exact) mass is 277 g/mol. The highest BCUT2D eigenvalue weighted by Gasteiger charge is 2.05. The molecule has 0 fully saturated rings. The summed E-state index contributed by atoms with van der Waals surface area (Å²) < 4.78 is 10.6. The molecule has 0 spiro atoms. The predicted octanol–water partition coefficient (Wildman–Crippen LogP) is 3.00. The lowest BCUT2D eigenvalue weighted by Crippen LogP contribution is -2.31. The van der Waals surface area contributed by atoms with Crippen molar-refractivity contribution in [2.45, 2.75) is 13.0 Å². The molecule has 1 aromatic carbocycles. The number of hydrogen-bond acceptors (Lipinski definition) is 3. The Morgan fingerprint density at radius 1 is 1.29 bits per heavy atom. The molecule has 0 radical (unpaired) electrons. The van der Waals surface area contributed by atoms with Crippen molar-refractivity contribution in [3.63, 3.8) is 0 Å². The maximum Gasteiger partial charge on any atom is 0.121 e. The highest BCUT2D eigenvalue weighted by molar-refractivity contribution is 6.42. The minimum atomic E-state index is 0.0594. The Morgan fingerprint density at radius 2 is 2.06 bits per heavy atom. The van der Waals surface area contributed by atoms with E-state index < -0.39 is 0 Å². The second-order valence-electron chi connectivity index (χ2n) is 3.70. The van der Waals surface area contributed by atoms with Crippen LogP contribution in [0.15, 0.2) is 18.2 Å². The van der Waals surface area contributed by atoms with E-state index in [4.69, 9.17) is 32.7 Å². The molecule has 0 aliphatic heterocycles. The molecule has 0 heterocycles. The molecule has 0 saturated carbocycles. The molecule has 0 aromatic heterocycles. The summed E-state index contributed by atoms with van der Waals surface area (Å²) >= 11 is 11.7. The molecule has 0 aliphatic rings. The minimum Gasteiger partial charge on any atom is -0.489 e. The van der Waals surface area contributed by atoms with Gasteiger partial charge in [-0.25, -0.2) is 0 Å². The zero-order valence-electron chi connectivity index (χ0n) is 10.0. The van der Waals surface area contributed by atoms with E-state index in [1.807, 2.05) is 6.92 Å². The van der Waals surface area contributed by atoms with Gasteiger partial charge in [0, 0.05) is 26.3 Å². The van der Waals surface area contributed by atoms with Gasteiger partial charge in [0.2, 0.25) is 0 Å². The van der Waals surface area contributed by atoms with Crippen molar-refractivity contribution < 1.29 is 9.47 Å². The molecular weight excluding hydrogens is 261 g/mol. The Kier molecular flexibility index (Phi) is 6.66. The topological polar surface area (TPSA) is 30.5 Å². The van der Waals surface area contributed by atoms with Crippen LogP contribution in [-0.2, 0) is 4.74 Å². The summed E-state index contributed by atoms with van der Waals surface area (Å²) in [6.07, 6.45) is 0.0594. The molecule has 0 bridgehead atoms. The lowest BCUT2D eigenvalue weighted by molar-refractivity contribution is 0.184. The van der Waals surface area contributed by atoms with Crippen molar-refractivity contribution in [2.75, 3.05) is 26.8 Å². The van der Waals surface area contributed by atoms with Gasteiger partial charge >= 0.3 is 0 Å². The largest absolute Gasteiger partial charge is 0.489 e. The van der Waals surface area contributed by atoms with E-state index in [2.05, 4.69) is 5.32 Å². The van der Waals surface area contributed by atoms with Crippen molar-refractivity contribution in [1.29, 1.82) is 0 Å². The van der Waals surface area contributed by atoms with Crippen molar-refractivity contribution in [3.05, 3.63) is 28.2 Å². The van der Waals surface area contributed by atoms with Gasteiger partial charge in [-0.15, -0.1) is 0 Å². The van der Waals surface area contributed by atoms with E-state index in [1.165, 1.54) is 0 Å². The number of benzene rings is 1. The van der Waals surface area contributed by atoms with E-state index in [-0.39, 0.29) is 6.10 Å². The van der Waals surface area contributed by atoms with Gasteiger partial charge < -0.3 is 14.8 Å². The zero-order chi connectivity index (χ0) is 12.7. The first-order chi connectivity index (χ1) is 8.13. The molecule has 0 saturated heterocycles. The van der Waals surface area contributed by atoms with Crippen LogP contribution in [0.1, 0.15) is 6.92 Å². The second kappa shape index (κ2) is 7.77. The van der Waals surface area contributed by atoms with E-state index >= 15 is 0 Å². The first kappa shape index (κ1) is 14.6. The van der Waals surface area contributed by atoms with Crippen LogP contribution >= 0.6 is 23.2 Å². The summed E-state index contributed by atoms with van der Waals surface area (Å²) in [6, 6.07) is 5.25. The van der Waals surface area contributed by atoms with Gasteiger partial charge in [-0.2, -0.15) is 0 Å². The Hall–Kier alpha value is -0.480. The van der Waals surface area contributed by atoms with Crippen LogP contribution in [-0.4, -0.2) is 32.9 Å². The van der Waals surface area contributed by atoms with Gasteiger partial charge in [0.15, 0.2) is 0 Å². The summed E-state index contributed by atoms with van der Waals surface area (Å²) in [4.78, 5) is 0. The number of methoxy groups -OCH3 is 1. The third-order valence-electron chi connectivity index (χ3n) is 2.14. The van der Waals surface area contributed by atoms with Crippen LogP contribution in [0.5, 0.6) is 5.75 Å². The maximum atomic E-state index is 5.90. The Bertz CT molecular complexity index is 347. The zero-order valence-corrected chi connectivity index (χ0v) is 11.5. The fourth-order valence-electron chi connectivity index (χ4n) is 1.30. The van der Waals surface area contributed by atoms with E-state index in [0.29, 0.717) is 16.7 Å². The number of ether oxygens (including phenoxy) is 2. The van der Waals surface area contributed by atoms with Gasteiger partial charge in [-0.3, -0.25) is 0 Å². The summed E-state index contributed by atoms with van der Waals surface area (Å²) in [5.41, 5.74) is 0. The van der Waals surface area contributed by atoms with E-state index in [0.717, 1.165) is 18.8 Å². The second-order valence-corrected chi connectivity index (χ2v) is 4.52. The van der Waals surface area contributed by atoms with Crippen LogP contribution in [0, 0.1) is 0 Å². The van der Waals surface area contributed by atoms with Crippen molar-refractivity contribution in [1.82, 2.24) is 5.32 Å². The fraction of sp³-hybridized carbons (Fsp3) is 0.500. The molecule has 1 aromatic rings. The number of hydrogen-bond donors (Lipinski definition) is 1. The van der Waals surface area contributed by atoms with Gasteiger partial charge in [0.05, 0.1) is 16.7 Å². The van der Waals surface area contributed by atoms with Crippen molar-refractivity contribution in [3.8, 4) is 5.75 Å². The number of halogens is 2. The molecule has 1 atom stereocenters. The van der Waals surface area contributed by atoms with Gasteiger partial charge in [-0.05, 0) is 19.1 Å². The smallest absolute Gasteiger partial charge is 0.121 e. The highest BCUT2D eigenvalue weighted by atomic mass is 35.5. The molecule has 96 valence electrons. The molecule has 1 rings (SSSR count). The molecule has 17 heavy (non-hydrogen) atoms. The van der Waals surface area contributed by atoms with Crippen LogP contribution in [0.4, 0.5) is 0 Å². The van der Waals surface area contributed by atoms with Gasteiger partial charge in [0.1, 0.15) is 11.9 Å². The predicted molar refractivity (Wildman–Crippen MR) is 71.3 cm³/mol. The minimum absolute atomic E-state index is 0.0594. The average Bonchev–Trinajstić information content (AvgIpc) is 2.30. The summed E-state index contributed by atoms with van der Waals surface area (Å²) in [5, 5.41) is 4.26. The molecule has 1 unspecified atom stereocenters. The van der Waals surface area contributed by atoms with Crippen molar-refractivity contribution in [2.24, 2.45) is 0 Å². The number of rotatable bonds is 7. The van der Waals surface area contributed by atoms with Crippen LogP contribution in [0.3, 0.4) is 0 Å². The third-order valence-corrected chi connectivity index (χ3v) is 2.88. The number of nitrogens with one attached hydrogen (secondary N) is 1. The van der Waals surface area contributed by atoms with E-state index in [9.17, 15) is 0 Å². The fourth-order valence-corrected chi connectivity index (χ4v) is 1.59. The molecule has 3 nitrogen and oxygen atoms in total. The third kappa shape index (κ3) is 5.59. The highest BCUT2D eigenvalue weighted by Crippen LogP contribution is 2.26. The van der Waals surface area contributed by atoms with Crippen molar-refractivity contribution >= 4 is 23.2 Å². The molecule has 0 aliphatic carbocycles. The first-order valence-corrected chi connectivity index (χ1v) is 6.20. The van der Waals surface area contributed by atoms with Gasteiger partial charge in [-0.1, -0.05) is 23.2 Å². The maximum absolute atomic E-state index is 5.90. The molecule has 0 amide bonds. The lowest BCUT2D eigenvalue weighted by Gasteiger charge is -2.15. The van der Waals surface area contributed by atoms with Crippen LogP contribution < -0.4 is 10.1 Å². The summed E-state index contributed by atoms with van der Waals surface area (Å²) in [7, 11) is 1.68. The Morgan fingerprint density at radius 3 is 2.71 bits per heavy atom. The summed E-state index contributed by atoms with van der Waals surface area (Å²) in [6.45, 7) is 4.25. The average molecular weight is 278 g/mol.